The van der Waals surface area contributed by atoms with E-state index in [-0.39, 0.29) is 12.5 Å². The third-order valence-corrected chi connectivity index (χ3v) is 3.98. The lowest BCUT2D eigenvalue weighted by Gasteiger charge is -2.08. The zero-order valence-electron chi connectivity index (χ0n) is 11.6. The molecule has 1 amide bonds. The summed E-state index contributed by atoms with van der Waals surface area (Å²) >= 11 is 7.69. The van der Waals surface area contributed by atoms with Crippen LogP contribution in [0.1, 0.15) is 5.56 Å². The van der Waals surface area contributed by atoms with Crippen LogP contribution in [0.25, 0.3) is 0 Å². The molecular formula is C16H16ClNO2S. The van der Waals surface area contributed by atoms with Gasteiger partial charge in [-0.25, -0.2) is 0 Å². The maximum absolute atomic E-state index is 11.7. The second-order valence-corrected chi connectivity index (χ2v) is 5.62. The Hall–Kier alpha value is -1.65. The van der Waals surface area contributed by atoms with Gasteiger partial charge in [0.05, 0.1) is 0 Å². The van der Waals surface area contributed by atoms with Gasteiger partial charge in [0.15, 0.2) is 6.61 Å². The van der Waals surface area contributed by atoms with Crippen molar-refractivity contribution in [1.29, 1.82) is 0 Å². The van der Waals surface area contributed by atoms with Gasteiger partial charge in [0, 0.05) is 16.5 Å². The van der Waals surface area contributed by atoms with Crippen molar-refractivity contribution in [2.24, 2.45) is 0 Å². The van der Waals surface area contributed by atoms with E-state index in [1.165, 1.54) is 0 Å². The summed E-state index contributed by atoms with van der Waals surface area (Å²) in [6, 6.07) is 15.0. The van der Waals surface area contributed by atoms with Gasteiger partial charge in [-0.2, -0.15) is 0 Å². The van der Waals surface area contributed by atoms with E-state index < -0.39 is 0 Å². The third kappa shape index (κ3) is 4.99. The Morgan fingerprint density at radius 1 is 1.19 bits per heavy atom. The Morgan fingerprint density at radius 2 is 1.90 bits per heavy atom. The zero-order valence-corrected chi connectivity index (χ0v) is 13.2. The van der Waals surface area contributed by atoms with Crippen molar-refractivity contribution in [3.8, 4) is 5.75 Å². The largest absolute Gasteiger partial charge is 0.484 e. The van der Waals surface area contributed by atoms with Gasteiger partial charge in [-0.05, 0) is 42.2 Å². The van der Waals surface area contributed by atoms with E-state index in [2.05, 4.69) is 5.32 Å². The van der Waals surface area contributed by atoms with E-state index in [4.69, 9.17) is 16.3 Å². The number of carbonyl (C=O) groups excluding carboxylic acids is 1. The summed E-state index contributed by atoms with van der Waals surface area (Å²) in [6.07, 6.45) is 2.01. The van der Waals surface area contributed by atoms with Crippen molar-refractivity contribution in [1.82, 2.24) is 5.32 Å². The molecule has 0 radical (unpaired) electrons. The number of nitrogens with one attached hydrogen (secondary N) is 1. The van der Waals surface area contributed by atoms with E-state index in [0.29, 0.717) is 17.3 Å². The van der Waals surface area contributed by atoms with Crippen LogP contribution in [0.15, 0.2) is 53.4 Å². The molecule has 0 unspecified atom stereocenters. The molecule has 21 heavy (non-hydrogen) atoms. The van der Waals surface area contributed by atoms with Crippen LogP contribution < -0.4 is 10.1 Å². The van der Waals surface area contributed by atoms with E-state index in [1.807, 2.05) is 48.7 Å². The first-order chi connectivity index (χ1) is 10.2. The van der Waals surface area contributed by atoms with Gasteiger partial charge in [0.2, 0.25) is 0 Å². The Morgan fingerprint density at radius 3 is 2.57 bits per heavy atom. The smallest absolute Gasteiger partial charge is 0.258 e. The molecule has 3 nitrogen and oxygen atoms in total. The molecule has 0 aliphatic carbocycles. The highest BCUT2D eigenvalue weighted by Gasteiger charge is 2.04. The van der Waals surface area contributed by atoms with E-state index in [1.54, 1.807) is 17.8 Å². The van der Waals surface area contributed by atoms with Crippen molar-refractivity contribution in [3.05, 3.63) is 59.1 Å². The lowest BCUT2D eigenvalue weighted by Crippen LogP contribution is -2.28. The fourth-order valence-corrected chi connectivity index (χ4v) is 2.32. The molecule has 0 aliphatic heterocycles. The number of rotatable bonds is 6. The van der Waals surface area contributed by atoms with Gasteiger partial charge in [0.1, 0.15) is 5.75 Å². The molecule has 0 aromatic heterocycles. The summed E-state index contributed by atoms with van der Waals surface area (Å²) in [5, 5.41) is 3.42. The molecule has 0 fully saturated rings. The highest BCUT2D eigenvalue weighted by molar-refractivity contribution is 7.98. The normalized spacial score (nSPS) is 10.2. The Bertz CT molecular complexity index is 601. The number of ether oxygens (including phenoxy) is 1. The molecule has 0 bridgehead atoms. The molecular weight excluding hydrogens is 306 g/mol. The van der Waals surface area contributed by atoms with Gasteiger partial charge >= 0.3 is 0 Å². The fourth-order valence-electron chi connectivity index (χ4n) is 1.71. The first-order valence-electron chi connectivity index (χ1n) is 6.46. The van der Waals surface area contributed by atoms with Crippen LogP contribution in [0.3, 0.4) is 0 Å². The molecule has 110 valence electrons. The third-order valence-electron chi connectivity index (χ3n) is 2.86. The van der Waals surface area contributed by atoms with Gasteiger partial charge in [0.25, 0.3) is 5.91 Å². The van der Waals surface area contributed by atoms with Crippen LogP contribution in [0.2, 0.25) is 5.02 Å². The van der Waals surface area contributed by atoms with Crippen molar-refractivity contribution >= 4 is 29.3 Å². The lowest BCUT2D eigenvalue weighted by atomic mass is 10.2. The van der Waals surface area contributed by atoms with Gasteiger partial charge in [-0.1, -0.05) is 29.8 Å². The first kappa shape index (κ1) is 15.7. The van der Waals surface area contributed by atoms with Crippen molar-refractivity contribution in [3.63, 3.8) is 0 Å². The van der Waals surface area contributed by atoms with E-state index in [9.17, 15) is 4.79 Å². The van der Waals surface area contributed by atoms with Crippen LogP contribution in [0.5, 0.6) is 5.75 Å². The van der Waals surface area contributed by atoms with Gasteiger partial charge < -0.3 is 10.1 Å². The van der Waals surface area contributed by atoms with Crippen molar-refractivity contribution in [2.45, 2.75) is 11.4 Å². The highest BCUT2D eigenvalue weighted by Crippen LogP contribution is 2.19. The van der Waals surface area contributed by atoms with Crippen molar-refractivity contribution in [2.75, 3.05) is 12.9 Å². The maximum Gasteiger partial charge on any atom is 0.258 e. The zero-order chi connectivity index (χ0) is 15.1. The monoisotopic (exact) mass is 321 g/mol. The predicted octanol–water partition coefficient (Wildman–Crippen LogP) is 3.76. The molecule has 0 saturated heterocycles. The predicted molar refractivity (Wildman–Crippen MR) is 87.0 cm³/mol. The molecule has 0 aliphatic rings. The average molecular weight is 322 g/mol. The molecule has 0 saturated carbocycles. The van der Waals surface area contributed by atoms with Crippen LogP contribution in [-0.4, -0.2) is 18.8 Å². The Kier molecular flexibility index (Phi) is 5.96. The van der Waals surface area contributed by atoms with Crippen LogP contribution >= 0.6 is 23.4 Å². The second-order valence-electron chi connectivity index (χ2n) is 4.33. The molecule has 0 atom stereocenters. The first-order valence-corrected chi connectivity index (χ1v) is 8.06. The molecule has 0 heterocycles. The minimum absolute atomic E-state index is 0.0108. The molecule has 0 spiro atoms. The fraction of sp³-hybridized carbons (Fsp3) is 0.188. The van der Waals surface area contributed by atoms with Crippen LogP contribution in [0.4, 0.5) is 0 Å². The summed E-state index contributed by atoms with van der Waals surface area (Å²) in [7, 11) is 0. The molecule has 1 N–H and O–H groups in total. The Balaban J connectivity index is 1.78. The summed E-state index contributed by atoms with van der Waals surface area (Å²) in [6.45, 7) is 0.385. The summed E-state index contributed by atoms with van der Waals surface area (Å²) in [5.74, 6) is 0.504. The molecule has 5 heteroatoms. The van der Waals surface area contributed by atoms with Crippen LogP contribution in [-0.2, 0) is 11.3 Å². The number of amides is 1. The highest BCUT2D eigenvalue weighted by atomic mass is 35.5. The van der Waals surface area contributed by atoms with Crippen LogP contribution in [0, 0.1) is 0 Å². The number of benzene rings is 2. The molecule has 2 aromatic carbocycles. The standard InChI is InChI=1S/C16H16ClNO2S/c1-21-14-8-6-13(7-9-14)20-11-16(19)18-10-12-4-2-3-5-15(12)17/h2-9H,10-11H2,1H3,(H,18,19). The van der Waals surface area contributed by atoms with E-state index >= 15 is 0 Å². The topological polar surface area (TPSA) is 38.3 Å². The summed E-state index contributed by atoms with van der Waals surface area (Å²) in [5.41, 5.74) is 0.886. The van der Waals surface area contributed by atoms with Gasteiger partial charge in [-0.15, -0.1) is 11.8 Å². The second kappa shape index (κ2) is 7.96. The summed E-state index contributed by atoms with van der Waals surface area (Å²) < 4.78 is 5.43. The lowest BCUT2D eigenvalue weighted by molar-refractivity contribution is -0.123. The molecule has 2 aromatic rings. The quantitative estimate of drug-likeness (QED) is 0.823. The van der Waals surface area contributed by atoms with Crippen molar-refractivity contribution < 1.29 is 9.53 Å². The van der Waals surface area contributed by atoms with Gasteiger partial charge in [-0.3, -0.25) is 4.79 Å². The number of hydrogen-bond acceptors (Lipinski definition) is 3. The number of carbonyl (C=O) groups is 1. The number of thioether (sulfide) groups is 1. The maximum atomic E-state index is 11.7. The minimum Gasteiger partial charge on any atom is -0.484 e. The molecule has 2 rings (SSSR count). The summed E-state index contributed by atoms with van der Waals surface area (Å²) in [4.78, 5) is 12.9. The number of hydrogen-bond donors (Lipinski definition) is 1. The minimum atomic E-state index is -0.177. The van der Waals surface area contributed by atoms with E-state index in [0.717, 1.165) is 10.5 Å². The SMILES string of the molecule is CSc1ccc(OCC(=O)NCc2ccccc2Cl)cc1. The average Bonchev–Trinajstić information content (AvgIpc) is 2.52. The Labute approximate surface area is 133 Å². The number of halogens is 1.